The average molecular weight is 414 g/mol. The van der Waals surface area contributed by atoms with Crippen LogP contribution in [0.15, 0.2) is 54.7 Å². The molecule has 148 valence electrons. The molecule has 7 heteroatoms. The fourth-order valence-corrected chi connectivity index (χ4v) is 4.55. The van der Waals surface area contributed by atoms with E-state index in [1.165, 1.54) is 10.3 Å². The van der Waals surface area contributed by atoms with Gasteiger partial charge in [0, 0.05) is 22.6 Å². The van der Waals surface area contributed by atoms with Crippen LogP contribution in [-0.2, 0) is 0 Å². The van der Waals surface area contributed by atoms with Crippen LogP contribution in [-0.4, -0.2) is 25.5 Å². The second-order valence-corrected chi connectivity index (χ2v) is 8.38. The van der Waals surface area contributed by atoms with Gasteiger partial charge in [-0.3, -0.25) is 4.79 Å². The summed E-state index contributed by atoms with van der Waals surface area (Å²) in [5.74, 6) is -0.231. The summed E-state index contributed by atoms with van der Waals surface area (Å²) in [7, 11) is 0. The maximum Gasteiger partial charge on any atom is 0.261 e. The van der Waals surface area contributed by atoms with Crippen molar-refractivity contribution in [1.29, 1.82) is 0 Å². The summed E-state index contributed by atoms with van der Waals surface area (Å²) in [6.07, 6.45) is 1.56. The Morgan fingerprint density at radius 2 is 1.80 bits per heavy atom. The van der Waals surface area contributed by atoms with Crippen LogP contribution in [0.3, 0.4) is 0 Å². The third-order valence-electron chi connectivity index (χ3n) is 4.96. The topological polar surface area (TPSA) is 72.2 Å². The number of fused-ring (bicyclic) bond motifs is 2. The van der Waals surface area contributed by atoms with Crippen molar-refractivity contribution in [2.24, 2.45) is 0 Å². The van der Waals surface area contributed by atoms with Crippen molar-refractivity contribution in [3.05, 3.63) is 77.2 Å². The van der Waals surface area contributed by atoms with Crippen LogP contribution >= 0.6 is 11.3 Å². The van der Waals surface area contributed by atoms with E-state index in [2.05, 4.69) is 34.5 Å². The van der Waals surface area contributed by atoms with Crippen LogP contribution in [0.4, 0.5) is 5.69 Å². The lowest BCUT2D eigenvalue weighted by Gasteiger charge is -2.06. The number of anilines is 1. The molecule has 1 amide bonds. The number of carbonyl (C=O) groups is 1. The van der Waals surface area contributed by atoms with E-state index in [0.29, 0.717) is 16.9 Å². The second-order valence-electron chi connectivity index (χ2n) is 7.35. The number of aromatic nitrogens is 4. The van der Waals surface area contributed by atoms with Crippen molar-refractivity contribution in [3.8, 4) is 10.6 Å². The number of nitrogens with one attached hydrogen (secondary N) is 1. The molecule has 3 heterocycles. The molecule has 0 saturated carbocycles. The minimum atomic E-state index is -0.231. The van der Waals surface area contributed by atoms with Gasteiger partial charge in [-0.2, -0.15) is 5.10 Å². The Hall–Kier alpha value is -3.58. The van der Waals surface area contributed by atoms with Gasteiger partial charge in [-0.25, -0.2) is 14.5 Å². The zero-order valence-electron chi connectivity index (χ0n) is 16.8. The molecule has 0 aliphatic rings. The van der Waals surface area contributed by atoms with Gasteiger partial charge in [0.05, 0.1) is 16.4 Å². The van der Waals surface area contributed by atoms with Gasteiger partial charge < -0.3 is 5.32 Å². The lowest BCUT2D eigenvalue weighted by atomic mass is 10.2. The summed E-state index contributed by atoms with van der Waals surface area (Å²) in [4.78, 5) is 22.0. The van der Waals surface area contributed by atoms with E-state index in [9.17, 15) is 4.79 Å². The van der Waals surface area contributed by atoms with Crippen LogP contribution in [0.2, 0.25) is 0 Å². The van der Waals surface area contributed by atoms with E-state index in [0.717, 1.165) is 27.5 Å². The molecule has 0 radical (unpaired) electrons. The first-order chi connectivity index (χ1) is 14.5. The van der Waals surface area contributed by atoms with Crippen molar-refractivity contribution in [1.82, 2.24) is 19.6 Å². The van der Waals surface area contributed by atoms with Crippen LogP contribution in [0.25, 0.3) is 26.4 Å². The molecule has 0 aliphatic heterocycles. The van der Waals surface area contributed by atoms with Crippen molar-refractivity contribution in [2.75, 3.05) is 5.32 Å². The monoisotopic (exact) mass is 413 g/mol. The summed E-state index contributed by atoms with van der Waals surface area (Å²) in [5.41, 5.74) is 6.77. The van der Waals surface area contributed by atoms with Crippen LogP contribution < -0.4 is 5.32 Å². The quantitative estimate of drug-likeness (QED) is 0.442. The zero-order valence-corrected chi connectivity index (χ0v) is 17.6. The smallest absolute Gasteiger partial charge is 0.261 e. The van der Waals surface area contributed by atoms with Crippen LogP contribution in [0.1, 0.15) is 27.3 Å². The highest BCUT2D eigenvalue weighted by Crippen LogP contribution is 2.31. The Morgan fingerprint density at radius 3 is 2.60 bits per heavy atom. The Kier molecular flexibility index (Phi) is 4.33. The first-order valence-corrected chi connectivity index (χ1v) is 10.4. The first-order valence-electron chi connectivity index (χ1n) is 9.59. The van der Waals surface area contributed by atoms with Gasteiger partial charge in [-0.1, -0.05) is 6.07 Å². The van der Waals surface area contributed by atoms with Crippen molar-refractivity contribution < 1.29 is 4.79 Å². The van der Waals surface area contributed by atoms with E-state index < -0.39 is 0 Å². The van der Waals surface area contributed by atoms with Crippen LogP contribution in [0, 0.1) is 20.8 Å². The number of rotatable bonds is 3. The van der Waals surface area contributed by atoms with E-state index in [1.807, 2.05) is 50.2 Å². The Balaban J connectivity index is 1.40. The normalized spacial score (nSPS) is 11.3. The van der Waals surface area contributed by atoms with E-state index in [-0.39, 0.29) is 5.91 Å². The number of amides is 1. The third-order valence-corrected chi connectivity index (χ3v) is 6.02. The SMILES string of the molecule is Cc1ccc2nc(-c3ccc(NC(=O)c4cnn5c(C)cc(C)nc45)cc3)sc2c1. The summed E-state index contributed by atoms with van der Waals surface area (Å²) in [6, 6.07) is 15.9. The average Bonchev–Trinajstić information content (AvgIpc) is 3.32. The van der Waals surface area contributed by atoms with E-state index in [4.69, 9.17) is 4.98 Å². The Morgan fingerprint density at radius 1 is 1.00 bits per heavy atom. The molecule has 2 aromatic carbocycles. The summed E-state index contributed by atoms with van der Waals surface area (Å²) < 4.78 is 2.85. The molecule has 30 heavy (non-hydrogen) atoms. The standard InChI is InChI=1S/C23H19N5OS/c1-13-4-9-19-20(10-13)30-23(27-19)16-5-7-17(8-6-16)26-22(29)18-12-24-28-15(3)11-14(2)25-21(18)28/h4-12H,1-3H3,(H,26,29). The highest BCUT2D eigenvalue weighted by Gasteiger charge is 2.16. The number of carbonyl (C=O) groups excluding carboxylic acids is 1. The van der Waals surface area contributed by atoms with Crippen molar-refractivity contribution in [3.63, 3.8) is 0 Å². The van der Waals surface area contributed by atoms with E-state index in [1.54, 1.807) is 22.0 Å². The molecule has 0 fully saturated rings. The number of benzene rings is 2. The molecule has 0 spiro atoms. The van der Waals surface area contributed by atoms with Crippen molar-refractivity contribution in [2.45, 2.75) is 20.8 Å². The number of thiazole rings is 1. The fraction of sp³-hybridized carbons (Fsp3) is 0.130. The van der Waals surface area contributed by atoms with Gasteiger partial charge >= 0.3 is 0 Å². The molecule has 0 bridgehead atoms. The number of nitrogens with zero attached hydrogens (tertiary/aromatic N) is 4. The molecule has 5 aromatic rings. The lowest BCUT2D eigenvalue weighted by molar-refractivity contribution is 0.102. The maximum atomic E-state index is 12.8. The molecule has 0 saturated heterocycles. The summed E-state index contributed by atoms with van der Waals surface area (Å²) in [6.45, 7) is 5.93. The van der Waals surface area contributed by atoms with Gasteiger partial charge in [0.2, 0.25) is 0 Å². The predicted octanol–water partition coefficient (Wildman–Crippen LogP) is 5.18. The van der Waals surface area contributed by atoms with Gasteiger partial charge in [0.1, 0.15) is 10.6 Å². The molecule has 0 aliphatic carbocycles. The van der Waals surface area contributed by atoms with Gasteiger partial charge in [0.25, 0.3) is 5.91 Å². The highest BCUT2D eigenvalue weighted by atomic mass is 32.1. The third kappa shape index (κ3) is 3.23. The molecule has 0 atom stereocenters. The molecule has 6 nitrogen and oxygen atoms in total. The fourth-order valence-electron chi connectivity index (χ4n) is 3.48. The summed E-state index contributed by atoms with van der Waals surface area (Å²) >= 11 is 1.67. The number of hydrogen-bond donors (Lipinski definition) is 1. The van der Waals surface area contributed by atoms with E-state index >= 15 is 0 Å². The minimum Gasteiger partial charge on any atom is -0.322 e. The highest BCUT2D eigenvalue weighted by molar-refractivity contribution is 7.21. The minimum absolute atomic E-state index is 0.231. The summed E-state index contributed by atoms with van der Waals surface area (Å²) in [5, 5.41) is 8.19. The molecular formula is C23H19N5OS. The number of hydrogen-bond acceptors (Lipinski definition) is 5. The first kappa shape index (κ1) is 18.4. The van der Waals surface area contributed by atoms with Gasteiger partial charge in [-0.15, -0.1) is 11.3 Å². The van der Waals surface area contributed by atoms with Crippen LogP contribution in [0.5, 0.6) is 0 Å². The Bertz CT molecular complexity index is 1420. The molecule has 3 aromatic heterocycles. The van der Waals surface area contributed by atoms with Gasteiger partial charge in [-0.05, 0) is 68.8 Å². The van der Waals surface area contributed by atoms with Crippen molar-refractivity contribution >= 4 is 38.8 Å². The second kappa shape index (κ2) is 7.03. The zero-order chi connectivity index (χ0) is 20.8. The van der Waals surface area contributed by atoms with Gasteiger partial charge in [0.15, 0.2) is 5.65 Å². The lowest BCUT2D eigenvalue weighted by Crippen LogP contribution is -2.12. The molecular weight excluding hydrogens is 394 g/mol. The Labute approximate surface area is 177 Å². The number of aryl methyl sites for hydroxylation is 3. The molecule has 1 N–H and O–H groups in total. The largest absolute Gasteiger partial charge is 0.322 e. The maximum absolute atomic E-state index is 12.8. The molecule has 5 rings (SSSR count). The molecule has 0 unspecified atom stereocenters. The predicted molar refractivity (Wildman–Crippen MR) is 120 cm³/mol.